The number of pyridine rings is 1. The van der Waals surface area contributed by atoms with E-state index in [4.69, 9.17) is 11.6 Å². The number of benzene rings is 1. The van der Waals surface area contributed by atoms with Crippen LogP contribution in [-0.4, -0.2) is 51.3 Å². The number of aromatic nitrogens is 1. The maximum absolute atomic E-state index is 12.7. The number of halogens is 1. The topological polar surface area (TPSA) is 82.6 Å². The molecule has 0 radical (unpaired) electrons. The summed E-state index contributed by atoms with van der Waals surface area (Å²) >= 11 is 5.83. The van der Waals surface area contributed by atoms with Crippen molar-refractivity contribution in [1.82, 2.24) is 20.1 Å². The van der Waals surface area contributed by atoms with Gasteiger partial charge in [-0.3, -0.25) is 14.9 Å². The molecule has 144 valence electrons. The molecule has 0 bridgehead atoms. The van der Waals surface area contributed by atoms with Gasteiger partial charge in [-0.2, -0.15) is 0 Å². The van der Waals surface area contributed by atoms with Crippen molar-refractivity contribution in [1.29, 1.82) is 0 Å². The predicted molar refractivity (Wildman–Crippen MR) is 103 cm³/mol. The summed E-state index contributed by atoms with van der Waals surface area (Å²) in [6.45, 7) is 1.09. The summed E-state index contributed by atoms with van der Waals surface area (Å²) in [4.78, 5) is 45.1. The second kappa shape index (κ2) is 7.24. The summed E-state index contributed by atoms with van der Waals surface area (Å²) in [5.41, 5.74) is 0.348. The lowest BCUT2D eigenvalue weighted by Gasteiger charge is -2.42. The standard InChI is InChI=1S/C20H19ClN4O3/c21-15-6-7-16(22-12-15)17(26)24-10-8-20(9-11-24)18(27)23-19(28)25(20)13-14-4-2-1-3-5-14/h1-7,12H,8-11,13H2,(H,23,27,28). The smallest absolute Gasteiger partial charge is 0.325 e. The predicted octanol–water partition coefficient (Wildman–Crippen LogP) is 2.46. The minimum Gasteiger partial charge on any atom is -0.337 e. The highest BCUT2D eigenvalue weighted by Crippen LogP contribution is 2.34. The Bertz CT molecular complexity index is 909. The number of rotatable bonds is 3. The molecular formula is C20H19ClN4O3. The summed E-state index contributed by atoms with van der Waals surface area (Å²) < 4.78 is 0. The van der Waals surface area contributed by atoms with Crippen LogP contribution in [0.1, 0.15) is 28.9 Å². The Morgan fingerprint density at radius 2 is 1.82 bits per heavy atom. The van der Waals surface area contributed by atoms with Crippen LogP contribution in [0.4, 0.5) is 4.79 Å². The maximum atomic E-state index is 12.7. The highest BCUT2D eigenvalue weighted by molar-refractivity contribution is 6.30. The van der Waals surface area contributed by atoms with Gasteiger partial charge in [0.15, 0.2) is 0 Å². The molecule has 4 amide bonds. The average Bonchev–Trinajstić information content (AvgIpc) is 2.93. The number of hydrogen-bond donors (Lipinski definition) is 1. The van der Waals surface area contributed by atoms with Gasteiger partial charge in [0.2, 0.25) is 0 Å². The first-order valence-electron chi connectivity index (χ1n) is 9.07. The van der Waals surface area contributed by atoms with Gasteiger partial charge in [0, 0.05) is 25.8 Å². The summed E-state index contributed by atoms with van der Waals surface area (Å²) in [5, 5.41) is 2.91. The van der Waals surface area contributed by atoms with E-state index in [1.54, 1.807) is 21.9 Å². The molecule has 1 N–H and O–H groups in total. The first-order valence-corrected chi connectivity index (χ1v) is 9.45. The van der Waals surface area contributed by atoms with E-state index in [9.17, 15) is 14.4 Å². The lowest BCUT2D eigenvalue weighted by molar-refractivity contribution is -0.129. The molecule has 7 nitrogen and oxygen atoms in total. The quantitative estimate of drug-likeness (QED) is 0.805. The summed E-state index contributed by atoms with van der Waals surface area (Å²) in [6, 6.07) is 12.4. The molecule has 0 aliphatic carbocycles. The molecule has 2 aromatic rings. The first-order chi connectivity index (χ1) is 13.5. The van der Waals surface area contributed by atoms with Crippen LogP contribution in [0.25, 0.3) is 0 Å². The number of amides is 4. The van der Waals surface area contributed by atoms with E-state index in [-0.39, 0.29) is 17.8 Å². The van der Waals surface area contributed by atoms with E-state index in [1.807, 2.05) is 30.3 Å². The van der Waals surface area contributed by atoms with E-state index in [1.165, 1.54) is 6.20 Å². The van der Waals surface area contributed by atoms with Crippen molar-refractivity contribution in [2.24, 2.45) is 0 Å². The Kier molecular flexibility index (Phi) is 4.77. The number of likely N-dealkylation sites (tertiary alicyclic amines) is 1. The van der Waals surface area contributed by atoms with Crippen LogP contribution in [0.3, 0.4) is 0 Å². The summed E-state index contributed by atoms with van der Waals surface area (Å²) in [6.07, 6.45) is 2.21. The van der Waals surface area contributed by atoms with Crippen LogP contribution < -0.4 is 5.32 Å². The number of carbonyl (C=O) groups excluding carboxylic acids is 3. The molecular weight excluding hydrogens is 380 g/mol. The largest absolute Gasteiger partial charge is 0.337 e. The van der Waals surface area contributed by atoms with E-state index in [0.29, 0.717) is 43.2 Å². The number of nitrogens with zero attached hydrogens (tertiary/aromatic N) is 3. The zero-order valence-electron chi connectivity index (χ0n) is 15.1. The zero-order chi connectivity index (χ0) is 19.7. The van der Waals surface area contributed by atoms with Gasteiger partial charge < -0.3 is 9.80 Å². The number of piperidine rings is 1. The third-order valence-electron chi connectivity index (χ3n) is 5.41. The van der Waals surface area contributed by atoms with E-state index >= 15 is 0 Å². The van der Waals surface area contributed by atoms with E-state index < -0.39 is 5.54 Å². The lowest BCUT2D eigenvalue weighted by Crippen LogP contribution is -2.57. The number of imide groups is 1. The molecule has 0 atom stereocenters. The van der Waals surface area contributed by atoms with Crippen LogP contribution in [0.2, 0.25) is 5.02 Å². The molecule has 2 aliphatic heterocycles. The highest BCUT2D eigenvalue weighted by Gasteiger charge is 2.54. The van der Waals surface area contributed by atoms with Crippen molar-refractivity contribution in [2.45, 2.75) is 24.9 Å². The fraction of sp³-hybridized carbons (Fsp3) is 0.300. The molecule has 2 fully saturated rings. The normalized spacial score (nSPS) is 18.5. The summed E-state index contributed by atoms with van der Waals surface area (Å²) in [5.74, 6) is -0.490. The van der Waals surface area contributed by atoms with Crippen LogP contribution in [0.5, 0.6) is 0 Å². The monoisotopic (exact) mass is 398 g/mol. The van der Waals surface area contributed by atoms with Gasteiger partial charge in [-0.1, -0.05) is 41.9 Å². The van der Waals surface area contributed by atoms with Gasteiger partial charge in [-0.25, -0.2) is 9.78 Å². The molecule has 1 aromatic carbocycles. The van der Waals surface area contributed by atoms with Gasteiger partial charge in [0.1, 0.15) is 11.2 Å². The van der Waals surface area contributed by atoms with Gasteiger partial charge in [-0.05, 0) is 30.5 Å². The van der Waals surface area contributed by atoms with Crippen molar-refractivity contribution in [3.8, 4) is 0 Å². The molecule has 2 saturated heterocycles. The minimum atomic E-state index is -0.920. The molecule has 1 aromatic heterocycles. The summed E-state index contributed by atoms with van der Waals surface area (Å²) in [7, 11) is 0. The zero-order valence-corrected chi connectivity index (χ0v) is 15.9. The van der Waals surface area contributed by atoms with Crippen LogP contribution in [0, 0.1) is 0 Å². The number of urea groups is 1. The van der Waals surface area contributed by atoms with Crippen molar-refractivity contribution < 1.29 is 14.4 Å². The van der Waals surface area contributed by atoms with Crippen molar-refractivity contribution in [3.63, 3.8) is 0 Å². The molecule has 28 heavy (non-hydrogen) atoms. The van der Waals surface area contributed by atoms with Crippen LogP contribution in [-0.2, 0) is 11.3 Å². The Labute approximate surface area is 167 Å². The molecule has 8 heteroatoms. The first kappa shape index (κ1) is 18.4. The van der Waals surface area contributed by atoms with Gasteiger partial charge >= 0.3 is 6.03 Å². The Balaban J connectivity index is 1.50. The van der Waals surface area contributed by atoms with Crippen LogP contribution in [0.15, 0.2) is 48.7 Å². The molecule has 4 rings (SSSR count). The molecule has 3 heterocycles. The molecule has 1 spiro atoms. The second-order valence-electron chi connectivity index (χ2n) is 7.02. The third-order valence-corrected chi connectivity index (χ3v) is 5.64. The second-order valence-corrected chi connectivity index (χ2v) is 7.45. The Morgan fingerprint density at radius 3 is 2.46 bits per heavy atom. The van der Waals surface area contributed by atoms with Crippen molar-refractivity contribution in [3.05, 3.63) is 64.9 Å². The molecule has 0 unspecified atom stereocenters. The highest BCUT2D eigenvalue weighted by atomic mass is 35.5. The van der Waals surface area contributed by atoms with Gasteiger partial charge in [0.25, 0.3) is 11.8 Å². The SMILES string of the molecule is O=C(c1ccc(Cl)cn1)N1CCC2(CC1)C(=O)NC(=O)N2Cc1ccccc1. The molecule has 0 saturated carbocycles. The van der Waals surface area contributed by atoms with E-state index in [2.05, 4.69) is 10.3 Å². The van der Waals surface area contributed by atoms with Gasteiger partial charge in [0.05, 0.1) is 5.02 Å². The average molecular weight is 399 g/mol. The van der Waals surface area contributed by atoms with E-state index in [0.717, 1.165) is 5.56 Å². The van der Waals surface area contributed by atoms with Crippen molar-refractivity contribution in [2.75, 3.05) is 13.1 Å². The lowest BCUT2D eigenvalue weighted by atomic mass is 9.85. The molecule has 2 aliphatic rings. The van der Waals surface area contributed by atoms with Crippen molar-refractivity contribution >= 4 is 29.4 Å². The third kappa shape index (κ3) is 3.22. The van der Waals surface area contributed by atoms with Gasteiger partial charge in [-0.15, -0.1) is 0 Å². The number of carbonyl (C=O) groups is 3. The maximum Gasteiger partial charge on any atom is 0.325 e. The Morgan fingerprint density at radius 1 is 1.11 bits per heavy atom. The minimum absolute atomic E-state index is 0.203. The Hall–Kier alpha value is -2.93. The fourth-order valence-electron chi connectivity index (χ4n) is 3.83. The van der Waals surface area contributed by atoms with Crippen LogP contribution >= 0.6 is 11.6 Å². The fourth-order valence-corrected chi connectivity index (χ4v) is 3.94. The number of nitrogens with one attached hydrogen (secondary N) is 1. The number of hydrogen-bond acceptors (Lipinski definition) is 4.